The van der Waals surface area contributed by atoms with Crippen LogP contribution in [0.4, 0.5) is 0 Å². The van der Waals surface area contributed by atoms with Gasteiger partial charge in [0.25, 0.3) is 0 Å². The third kappa shape index (κ3) is 3.56. The molecule has 0 saturated heterocycles. The van der Waals surface area contributed by atoms with Gasteiger partial charge in [0.05, 0.1) is 0 Å². The Morgan fingerprint density at radius 3 is 2.60 bits per heavy atom. The Hall–Kier alpha value is -2.38. The summed E-state index contributed by atoms with van der Waals surface area (Å²) in [5.74, 6) is 0.132. The molecule has 1 heterocycles. The van der Waals surface area contributed by atoms with Gasteiger partial charge in [0.2, 0.25) is 0 Å². The fourth-order valence-corrected chi connectivity index (χ4v) is 1.88. The van der Waals surface area contributed by atoms with E-state index in [1.165, 1.54) is 11.1 Å². The molecule has 20 heavy (non-hydrogen) atoms. The number of halogens is 1. The van der Waals surface area contributed by atoms with Crippen LogP contribution in [0.15, 0.2) is 48.7 Å². The predicted octanol–water partition coefficient (Wildman–Crippen LogP) is 3.09. The maximum Gasteiger partial charge on any atom is 0.185 e. The number of pyridine rings is 1. The van der Waals surface area contributed by atoms with Crippen LogP contribution in [-0.2, 0) is 6.42 Å². The molecule has 5 heteroatoms. The highest BCUT2D eigenvalue weighted by atomic mass is 35.5. The monoisotopic (exact) mass is 284 g/mol. The van der Waals surface area contributed by atoms with Crippen LogP contribution in [0.3, 0.4) is 0 Å². The zero-order chi connectivity index (χ0) is 14.4. The molecule has 1 aromatic heterocycles. The summed E-state index contributed by atoms with van der Waals surface area (Å²) in [6.07, 6.45) is 4.24. The number of aromatic nitrogens is 1. The molecule has 100 valence electrons. The summed E-state index contributed by atoms with van der Waals surface area (Å²) >= 11 is 5.71. The van der Waals surface area contributed by atoms with E-state index in [1.54, 1.807) is 12.1 Å². The van der Waals surface area contributed by atoms with Gasteiger partial charge < -0.3 is 0 Å². The number of nitriles is 1. The zero-order valence-corrected chi connectivity index (χ0v) is 11.5. The van der Waals surface area contributed by atoms with Crippen LogP contribution >= 0.6 is 11.6 Å². The molecule has 2 aromatic rings. The van der Waals surface area contributed by atoms with Crippen molar-refractivity contribution in [3.63, 3.8) is 0 Å². The molecule has 0 atom stereocenters. The van der Waals surface area contributed by atoms with Crippen molar-refractivity contribution in [2.45, 2.75) is 6.42 Å². The molecule has 0 aliphatic heterocycles. The lowest BCUT2D eigenvalue weighted by molar-refractivity contribution is 0.572. The Morgan fingerprint density at radius 2 is 2.00 bits per heavy atom. The SMILES string of the molecule is N#CN(CCc1ccccc1)C(=N)c1ccc(Cl)nc1. The van der Waals surface area contributed by atoms with Crippen molar-refractivity contribution in [1.29, 1.82) is 10.7 Å². The van der Waals surface area contributed by atoms with Gasteiger partial charge in [0, 0.05) is 18.3 Å². The van der Waals surface area contributed by atoms with Crippen molar-refractivity contribution in [2.24, 2.45) is 0 Å². The highest BCUT2D eigenvalue weighted by Gasteiger charge is 2.11. The van der Waals surface area contributed by atoms with Crippen LogP contribution in [-0.4, -0.2) is 22.3 Å². The first-order valence-corrected chi connectivity index (χ1v) is 6.50. The average molecular weight is 285 g/mol. The Bertz CT molecular complexity index is 617. The highest BCUT2D eigenvalue weighted by Crippen LogP contribution is 2.09. The van der Waals surface area contributed by atoms with E-state index in [1.807, 2.05) is 36.5 Å². The summed E-state index contributed by atoms with van der Waals surface area (Å²) < 4.78 is 0. The standard InChI is InChI=1S/C15H13ClN4/c16-14-7-6-13(10-19-14)15(18)20(11-17)9-8-12-4-2-1-3-5-12/h1-7,10,18H,8-9H2. The second-order valence-electron chi connectivity index (χ2n) is 4.21. The Kier molecular flexibility index (Phi) is 4.70. The Labute approximate surface area is 122 Å². The van der Waals surface area contributed by atoms with Gasteiger partial charge >= 0.3 is 0 Å². The van der Waals surface area contributed by atoms with Crippen molar-refractivity contribution in [3.8, 4) is 6.19 Å². The fourth-order valence-electron chi connectivity index (χ4n) is 1.77. The molecule has 0 aliphatic carbocycles. The van der Waals surface area contributed by atoms with Crippen molar-refractivity contribution in [1.82, 2.24) is 9.88 Å². The van der Waals surface area contributed by atoms with Crippen LogP contribution in [0.1, 0.15) is 11.1 Å². The zero-order valence-electron chi connectivity index (χ0n) is 10.8. The number of hydrogen-bond donors (Lipinski definition) is 1. The Balaban J connectivity index is 2.03. The van der Waals surface area contributed by atoms with Crippen LogP contribution in [0.25, 0.3) is 0 Å². The molecule has 0 amide bonds. The van der Waals surface area contributed by atoms with Gasteiger partial charge in [-0.15, -0.1) is 0 Å². The minimum atomic E-state index is 0.132. The lowest BCUT2D eigenvalue weighted by Crippen LogP contribution is -2.28. The third-order valence-corrected chi connectivity index (χ3v) is 3.08. The lowest BCUT2D eigenvalue weighted by Gasteiger charge is -2.16. The highest BCUT2D eigenvalue weighted by molar-refractivity contribution is 6.29. The molecule has 0 saturated carbocycles. The van der Waals surface area contributed by atoms with Crippen molar-refractivity contribution >= 4 is 17.4 Å². The predicted molar refractivity (Wildman–Crippen MR) is 78.5 cm³/mol. The molecule has 0 unspecified atom stereocenters. The summed E-state index contributed by atoms with van der Waals surface area (Å²) in [6.45, 7) is 0.460. The van der Waals surface area contributed by atoms with Gasteiger partial charge in [-0.3, -0.25) is 10.3 Å². The van der Waals surface area contributed by atoms with Gasteiger partial charge in [-0.2, -0.15) is 5.26 Å². The molecule has 2 rings (SSSR count). The summed E-state index contributed by atoms with van der Waals surface area (Å²) in [5.41, 5.74) is 1.71. The smallest absolute Gasteiger partial charge is 0.185 e. The van der Waals surface area contributed by atoms with E-state index < -0.39 is 0 Å². The van der Waals surface area contributed by atoms with E-state index in [-0.39, 0.29) is 5.84 Å². The molecule has 1 aromatic carbocycles. The van der Waals surface area contributed by atoms with Gasteiger partial charge in [0.1, 0.15) is 11.0 Å². The van der Waals surface area contributed by atoms with Crippen molar-refractivity contribution in [3.05, 3.63) is 64.9 Å². The molecule has 0 bridgehead atoms. The van der Waals surface area contributed by atoms with Gasteiger partial charge in [-0.05, 0) is 24.1 Å². The molecular weight excluding hydrogens is 272 g/mol. The van der Waals surface area contributed by atoms with Crippen LogP contribution < -0.4 is 0 Å². The third-order valence-electron chi connectivity index (χ3n) is 2.86. The quantitative estimate of drug-likeness (QED) is 0.308. The number of nitrogens with zero attached hydrogens (tertiary/aromatic N) is 3. The summed E-state index contributed by atoms with van der Waals surface area (Å²) in [4.78, 5) is 5.27. The van der Waals surface area contributed by atoms with Crippen molar-refractivity contribution in [2.75, 3.05) is 6.54 Å². The molecular formula is C15H13ClN4. The van der Waals surface area contributed by atoms with Crippen molar-refractivity contribution < 1.29 is 0 Å². The van der Waals surface area contributed by atoms with Crippen LogP contribution in [0.2, 0.25) is 5.15 Å². The number of rotatable bonds is 4. The van der Waals surface area contributed by atoms with Crippen LogP contribution in [0, 0.1) is 16.9 Å². The largest absolute Gasteiger partial charge is 0.283 e. The van der Waals surface area contributed by atoms with E-state index in [0.717, 1.165) is 5.56 Å². The minimum absolute atomic E-state index is 0.132. The maximum absolute atomic E-state index is 9.18. The number of nitrogens with one attached hydrogen (secondary N) is 1. The normalized spacial score (nSPS) is 9.80. The molecule has 0 fully saturated rings. The second kappa shape index (κ2) is 6.69. The molecule has 1 N–H and O–H groups in total. The first kappa shape index (κ1) is 14.0. The first-order chi connectivity index (χ1) is 9.70. The van der Waals surface area contributed by atoms with Gasteiger partial charge in [-0.1, -0.05) is 41.9 Å². The summed E-state index contributed by atoms with van der Waals surface area (Å²) in [7, 11) is 0. The first-order valence-electron chi connectivity index (χ1n) is 6.12. The minimum Gasteiger partial charge on any atom is -0.283 e. The van der Waals surface area contributed by atoms with Gasteiger partial charge in [0.15, 0.2) is 6.19 Å². The maximum atomic E-state index is 9.18. The topological polar surface area (TPSA) is 63.8 Å². The van der Waals surface area contributed by atoms with E-state index >= 15 is 0 Å². The van der Waals surface area contributed by atoms with Gasteiger partial charge in [-0.25, -0.2) is 4.98 Å². The fraction of sp³-hybridized carbons (Fsp3) is 0.133. The summed E-state index contributed by atoms with van der Waals surface area (Å²) in [5, 5.41) is 17.6. The molecule has 4 nitrogen and oxygen atoms in total. The van der Waals surface area contributed by atoms with E-state index in [9.17, 15) is 5.26 Å². The van der Waals surface area contributed by atoms with E-state index in [2.05, 4.69) is 4.98 Å². The number of hydrogen-bond acceptors (Lipinski definition) is 3. The lowest BCUT2D eigenvalue weighted by atomic mass is 10.1. The van der Waals surface area contributed by atoms with E-state index in [4.69, 9.17) is 17.0 Å². The summed E-state index contributed by atoms with van der Waals surface area (Å²) in [6, 6.07) is 13.2. The molecule has 0 aliphatic rings. The molecule has 0 spiro atoms. The average Bonchev–Trinajstić information content (AvgIpc) is 2.49. The number of amidine groups is 1. The molecule has 0 radical (unpaired) electrons. The second-order valence-corrected chi connectivity index (χ2v) is 4.59. The number of benzene rings is 1. The Morgan fingerprint density at radius 1 is 1.25 bits per heavy atom. The van der Waals surface area contributed by atoms with Crippen LogP contribution in [0.5, 0.6) is 0 Å². The van der Waals surface area contributed by atoms with E-state index in [0.29, 0.717) is 23.7 Å².